The molecule has 7 heteroatoms. The lowest BCUT2D eigenvalue weighted by Crippen LogP contribution is -2.47. The third-order valence-electron chi connectivity index (χ3n) is 3.46. The van der Waals surface area contributed by atoms with Crippen LogP contribution >= 0.6 is 0 Å². The number of amides is 2. The summed E-state index contributed by atoms with van der Waals surface area (Å²) in [5.74, 6) is -0.677. The lowest BCUT2D eigenvalue weighted by Gasteiger charge is -2.26. The van der Waals surface area contributed by atoms with Crippen LogP contribution in [0.15, 0.2) is 24.3 Å². The van der Waals surface area contributed by atoms with Crippen molar-refractivity contribution in [3.05, 3.63) is 24.3 Å². The Morgan fingerprint density at radius 3 is 2.77 bits per heavy atom. The number of nitrogens with zero attached hydrogens (tertiary/aromatic N) is 1. The summed E-state index contributed by atoms with van der Waals surface area (Å²) < 4.78 is 5.07. The SMILES string of the molecule is COc1cccc(NC(=O)C(=O)NCCN2CCNCC2)c1. The van der Waals surface area contributed by atoms with E-state index in [-0.39, 0.29) is 0 Å². The molecule has 120 valence electrons. The van der Waals surface area contributed by atoms with Gasteiger partial charge in [0.15, 0.2) is 0 Å². The molecule has 1 aromatic carbocycles. The topological polar surface area (TPSA) is 82.7 Å². The van der Waals surface area contributed by atoms with Gasteiger partial charge in [0.05, 0.1) is 7.11 Å². The molecule has 0 saturated carbocycles. The van der Waals surface area contributed by atoms with Crippen molar-refractivity contribution in [2.75, 3.05) is 51.7 Å². The maximum absolute atomic E-state index is 11.8. The predicted molar refractivity (Wildman–Crippen MR) is 83.9 cm³/mol. The van der Waals surface area contributed by atoms with Crippen molar-refractivity contribution in [2.24, 2.45) is 0 Å². The molecule has 7 nitrogen and oxygen atoms in total. The molecule has 1 saturated heterocycles. The first-order chi connectivity index (χ1) is 10.7. The van der Waals surface area contributed by atoms with Gasteiger partial charge in [0.1, 0.15) is 5.75 Å². The summed E-state index contributed by atoms with van der Waals surface area (Å²) in [5, 5.41) is 8.45. The van der Waals surface area contributed by atoms with Gasteiger partial charge in [-0.05, 0) is 12.1 Å². The van der Waals surface area contributed by atoms with Gasteiger partial charge in [0, 0.05) is 51.0 Å². The van der Waals surface area contributed by atoms with Crippen LogP contribution in [0.3, 0.4) is 0 Å². The van der Waals surface area contributed by atoms with Crippen LogP contribution in [-0.4, -0.2) is 63.1 Å². The summed E-state index contributed by atoms with van der Waals surface area (Å²) in [6, 6.07) is 6.88. The van der Waals surface area contributed by atoms with Crippen molar-refractivity contribution in [3.8, 4) is 5.75 Å². The monoisotopic (exact) mass is 306 g/mol. The Balaban J connectivity index is 1.73. The van der Waals surface area contributed by atoms with Crippen LogP contribution in [0.1, 0.15) is 0 Å². The van der Waals surface area contributed by atoms with E-state index in [4.69, 9.17) is 4.74 Å². The molecule has 2 amide bonds. The molecule has 1 aliphatic rings. The molecule has 22 heavy (non-hydrogen) atoms. The van der Waals surface area contributed by atoms with Gasteiger partial charge in [0.2, 0.25) is 0 Å². The van der Waals surface area contributed by atoms with Crippen LogP contribution in [0.2, 0.25) is 0 Å². The first kappa shape index (κ1) is 16.3. The van der Waals surface area contributed by atoms with Gasteiger partial charge in [-0.3, -0.25) is 14.5 Å². The minimum absolute atomic E-state index is 0.463. The Labute approximate surface area is 130 Å². The number of nitrogens with one attached hydrogen (secondary N) is 3. The summed E-state index contributed by atoms with van der Waals surface area (Å²) in [6.45, 7) is 5.07. The molecule has 0 aliphatic carbocycles. The van der Waals surface area contributed by atoms with Crippen LogP contribution in [0.25, 0.3) is 0 Å². The molecule has 0 aromatic heterocycles. The number of piperazine rings is 1. The molecular formula is C15H22N4O3. The Bertz CT molecular complexity index is 515. The minimum Gasteiger partial charge on any atom is -0.497 e. The molecule has 1 heterocycles. The van der Waals surface area contributed by atoms with Crippen molar-refractivity contribution in [2.45, 2.75) is 0 Å². The quantitative estimate of drug-likeness (QED) is 0.648. The van der Waals surface area contributed by atoms with Gasteiger partial charge in [-0.1, -0.05) is 6.07 Å². The first-order valence-electron chi connectivity index (χ1n) is 7.35. The van der Waals surface area contributed by atoms with Gasteiger partial charge >= 0.3 is 11.8 Å². The second-order valence-corrected chi connectivity index (χ2v) is 5.03. The van der Waals surface area contributed by atoms with Crippen molar-refractivity contribution in [1.29, 1.82) is 0 Å². The summed E-state index contributed by atoms with van der Waals surface area (Å²) in [6.07, 6.45) is 0. The maximum Gasteiger partial charge on any atom is 0.313 e. The van der Waals surface area contributed by atoms with Crippen LogP contribution in [0.5, 0.6) is 5.75 Å². The zero-order chi connectivity index (χ0) is 15.8. The van der Waals surface area contributed by atoms with Gasteiger partial charge in [-0.25, -0.2) is 0 Å². The highest BCUT2D eigenvalue weighted by Gasteiger charge is 2.14. The van der Waals surface area contributed by atoms with Gasteiger partial charge in [-0.15, -0.1) is 0 Å². The molecule has 1 fully saturated rings. The zero-order valence-electron chi connectivity index (χ0n) is 12.7. The number of benzene rings is 1. The van der Waals surface area contributed by atoms with Crippen LogP contribution in [0.4, 0.5) is 5.69 Å². The third-order valence-corrected chi connectivity index (χ3v) is 3.46. The molecular weight excluding hydrogens is 284 g/mol. The number of carbonyl (C=O) groups excluding carboxylic acids is 2. The Morgan fingerprint density at radius 1 is 1.27 bits per heavy atom. The first-order valence-corrected chi connectivity index (χ1v) is 7.35. The number of hydrogen-bond donors (Lipinski definition) is 3. The standard InChI is InChI=1S/C15H22N4O3/c1-22-13-4-2-3-12(11-13)18-15(21)14(20)17-7-10-19-8-5-16-6-9-19/h2-4,11,16H,5-10H2,1H3,(H,17,20)(H,18,21). The average Bonchev–Trinajstić information content (AvgIpc) is 2.56. The summed E-state index contributed by atoms with van der Waals surface area (Å²) in [7, 11) is 1.55. The van der Waals surface area contributed by atoms with E-state index in [0.29, 0.717) is 18.0 Å². The number of methoxy groups -OCH3 is 1. The molecule has 1 aliphatic heterocycles. The molecule has 0 spiro atoms. The van der Waals surface area contributed by atoms with E-state index in [0.717, 1.165) is 32.7 Å². The fourth-order valence-electron chi connectivity index (χ4n) is 2.23. The smallest absolute Gasteiger partial charge is 0.313 e. The number of anilines is 1. The van der Waals surface area contributed by atoms with E-state index in [1.807, 2.05) is 0 Å². The Hall–Kier alpha value is -2.12. The lowest BCUT2D eigenvalue weighted by molar-refractivity contribution is -0.136. The number of hydrogen-bond acceptors (Lipinski definition) is 5. The van der Waals surface area contributed by atoms with Crippen LogP contribution < -0.4 is 20.7 Å². The second kappa shape index (κ2) is 8.35. The van der Waals surface area contributed by atoms with E-state index in [2.05, 4.69) is 20.9 Å². The highest BCUT2D eigenvalue weighted by molar-refractivity contribution is 6.39. The predicted octanol–water partition coefficient (Wildman–Crippen LogP) is -0.345. The van der Waals surface area contributed by atoms with Crippen molar-refractivity contribution < 1.29 is 14.3 Å². The lowest BCUT2D eigenvalue weighted by atomic mass is 10.3. The molecule has 2 rings (SSSR count). The number of carbonyl (C=O) groups is 2. The molecule has 0 radical (unpaired) electrons. The zero-order valence-corrected chi connectivity index (χ0v) is 12.7. The molecule has 0 bridgehead atoms. The Kier molecular flexibility index (Phi) is 6.17. The highest BCUT2D eigenvalue weighted by atomic mass is 16.5. The second-order valence-electron chi connectivity index (χ2n) is 5.03. The summed E-state index contributed by atoms with van der Waals surface area (Å²) >= 11 is 0. The highest BCUT2D eigenvalue weighted by Crippen LogP contribution is 2.16. The minimum atomic E-state index is -0.673. The number of rotatable bonds is 5. The molecule has 0 atom stereocenters. The summed E-state index contributed by atoms with van der Waals surface area (Å²) in [5.41, 5.74) is 0.529. The van der Waals surface area contributed by atoms with Crippen molar-refractivity contribution in [3.63, 3.8) is 0 Å². The van der Waals surface area contributed by atoms with Crippen LogP contribution in [0, 0.1) is 0 Å². The van der Waals surface area contributed by atoms with E-state index >= 15 is 0 Å². The van der Waals surface area contributed by atoms with Gasteiger partial charge < -0.3 is 20.7 Å². The largest absolute Gasteiger partial charge is 0.497 e. The maximum atomic E-state index is 11.8. The van der Waals surface area contributed by atoms with Gasteiger partial charge in [-0.2, -0.15) is 0 Å². The fourth-order valence-corrected chi connectivity index (χ4v) is 2.23. The molecule has 0 unspecified atom stereocenters. The van der Waals surface area contributed by atoms with E-state index < -0.39 is 11.8 Å². The van der Waals surface area contributed by atoms with E-state index in [1.54, 1.807) is 31.4 Å². The van der Waals surface area contributed by atoms with E-state index in [9.17, 15) is 9.59 Å². The normalized spacial score (nSPS) is 15.1. The average molecular weight is 306 g/mol. The van der Waals surface area contributed by atoms with Crippen molar-refractivity contribution >= 4 is 17.5 Å². The molecule has 3 N–H and O–H groups in total. The van der Waals surface area contributed by atoms with E-state index in [1.165, 1.54) is 0 Å². The summed E-state index contributed by atoms with van der Waals surface area (Å²) in [4.78, 5) is 25.8. The third kappa shape index (κ3) is 5.01. The van der Waals surface area contributed by atoms with Crippen molar-refractivity contribution in [1.82, 2.24) is 15.5 Å². The Morgan fingerprint density at radius 2 is 2.05 bits per heavy atom. The molecule has 1 aromatic rings. The van der Waals surface area contributed by atoms with Gasteiger partial charge in [0.25, 0.3) is 0 Å². The van der Waals surface area contributed by atoms with Crippen LogP contribution in [-0.2, 0) is 9.59 Å². The number of ether oxygens (including phenoxy) is 1. The fraction of sp³-hybridized carbons (Fsp3) is 0.467.